The van der Waals surface area contributed by atoms with E-state index in [4.69, 9.17) is 0 Å². The second kappa shape index (κ2) is 8.68. The van der Waals surface area contributed by atoms with E-state index in [-0.39, 0.29) is 24.3 Å². The summed E-state index contributed by atoms with van der Waals surface area (Å²) >= 11 is 4.72. The summed E-state index contributed by atoms with van der Waals surface area (Å²) < 4.78 is 0.773. The molecule has 2 amide bonds. The van der Waals surface area contributed by atoms with Gasteiger partial charge >= 0.3 is 0 Å². The van der Waals surface area contributed by atoms with Crippen LogP contribution in [0.25, 0.3) is 0 Å². The minimum Gasteiger partial charge on any atom is -0.371 e. The Bertz CT molecular complexity index is 787. The highest BCUT2D eigenvalue weighted by Gasteiger charge is 2.17. The number of nitrogens with zero attached hydrogens (tertiary/aromatic N) is 1. The number of benzene rings is 1. The molecule has 1 aliphatic heterocycles. The van der Waals surface area contributed by atoms with Crippen molar-refractivity contribution in [3.63, 3.8) is 0 Å². The third kappa shape index (κ3) is 4.86. The van der Waals surface area contributed by atoms with Crippen LogP contribution in [0.5, 0.6) is 0 Å². The molecule has 2 heterocycles. The normalized spacial score (nSPS) is 14.9. The van der Waals surface area contributed by atoms with Gasteiger partial charge in [-0.25, -0.2) is 0 Å². The topological polar surface area (TPSA) is 61.4 Å². The highest BCUT2D eigenvalue weighted by molar-refractivity contribution is 9.10. The number of anilines is 2. The summed E-state index contributed by atoms with van der Waals surface area (Å²) in [6.45, 7) is 3.97. The van der Waals surface area contributed by atoms with Crippen LogP contribution in [0.3, 0.4) is 0 Å². The van der Waals surface area contributed by atoms with Crippen molar-refractivity contribution in [2.24, 2.45) is 0 Å². The van der Waals surface area contributed by atoms with Crippen LogP contribution in [0.2, 0.25) is 0 Å². The predicted molar refractivity (Wildman–Crippen MR) is 110 cm³/mol. The van der Waals surface area contributed by atoms with Crippen molar-refractivity contribution in [3.8, 4) is 0 Å². The Hall–Kier alpha value is -1.86. The average Bonchev–Trinajstić information content (AvgIpc) is 3.26. The Kier molecular flexibility index (Phi) is 6.32. The zero-order valence-corrected chi connectivity index (χ0v) is 17.0. The van der Waals surface area contributed by atoms with Gasteiger partial charge in [0.05, 0.1) is 0 Å². The first-order chi connectivity index (χ1) is 12.5. The van der Waals surface area contributed by atoms with Gasteiger partial charge in [-0.1, -0.05) is 6.07 Å². The maximum absolute atomic E-state index is 12.3. The van der Waals surface area contributed by atoms with E-state index in [1.807, 2.05) is 36.6 Å². The van der Waals surface area contributed by atoms with Gasteiger partial charge in [0.25, 0.3) is 5.91 Å². The van der Waals surface area contributed by atoms with Crippen LogP contribution in [0, 0.1) is 0 Å². The molecule has 1 atom stereocenters. The molecule has 7 heteroatoms. The van der Waals surface area contributed by atoms with Crippen molar-refractivity contribution in [1.29, 1.82) is 0 Å². The van der Waals surface area contributed by atoms with Crippen molar-refractivity contribution >= 4 is 50.5 Å². The molecule has 0 aliphatic carbocycles. The lowest BCUT2D eigenvalue weighted by Crippen LogP contribution is -2.35. The van der Waals surface area contributed by atoms with Crippen molar-refractivity contribution in [3.05, 3.63) is 45.1 Å². The SMILES string of the molecule is CC(CC(=O)Nc1cccc(N2CCCC2)c1)NC(=O)c1sccc1Br. The highest BCUT2D eigenvalue weighted by atomic mass is 79.9. The van der Waals surface area contributed by atoms with Crippen LogP contribution >= 0.6 is 27.3 Å². The lowest BCUT2D eigenvalue weighted by molar-refractivity contribution is -0.116. The number of halogens is 1. The van der Waals surface area contributed by atoms with Crippen molar-refractivity contribution in [1.82, 2.24) is 5.32 Å². The van der Waals surface area contributed by atoms with Crippen molar-refractivity contribution < 1.29 is 9.59 Å². The van der Waals surface area contributed by atoms with Gasteiger partial charge in [0.1, 0.15) is 4.88 Å². The van der Waals surface area contributed by atoms with Crippen molar-refractivity contribution in [2.45, 2.75) is 32.2 Å². The molecule has 0 bridgehead atoms. The first-order valence-corrected chi connectivity index (χ1v) is 10.4. The lowest BCUT2D eigenvalue weighted by atomic mass is 10.2. The fourth-order valence-electron chi connectivity index (χ4n) is 3.04. The van der Waals surface area contributed by atoms with Gasteiger partial charge in [0.2, 0.25) is 5.91 Å². The maximum atomic E-state index is 12.3. The first kappa shape index (κ1) is 18.9. The third-order valence-corrected chi connectivity index (χ3v) is 6.13. The van der Waals surface area contributed by atoms with E-state index in [2.05, 4.69) is 37.5 Å². The van der Waals surface area contributed by atoms with E-state index in [1.54, 1.807) is 0 Å². The molecule has 3 rings (SSSR count). The summed E-state index contributed by atoms with van der Waals surface area (Å²) in [5.74, 6) is -0.273. The summed E-state index contributed by atoms with van der Waals surface area (Å²) in [5, 5.41) is 7.65. The van der Waals surface area contributed by atoms with E-state index < -0.39 is 0 Å². The molecule has 0 saturated carbocycles. The van der Waals surface area contributed by atoms with Crippen LogP contribution in [-0.4, -0.2) is 30.9 Å². The number of hydrogen-bond donors (Lipinski definition) is 2. The Morgan fingerprint density at radius 1 is 1.27 bits per heavy atom. The van der Waals surface area contributed by atoms with Gasteiger partial charge in [-0.05, 0) is 65.3 Å². The monoisotopic (exact) mass is 435 g/mol. The van der Waals surface area contributed by atoms with E-state index in [0.717, 1.165) is 28.9 Å². The largest absolute Gasteiger partial charge is 0.371 e. The van der Waals surface area contributed by atoms with E-state index in [1.165, 1.54) is 24.2 Å². The molecule has 1 unspecified atom stereocenters. The molecule has 26 heavy (non-hydrogen) atoms. The van der Waals surface area contributed by atoms with Gasteiger partial charge in [-0.15, -0.1) is 11.3 Å². The van der Waals surface area contributed by atoms with Gasteiger partial charge < -0.3 is 15.5 Å². The van der Waals surface area contributed by atoms with Crippen LogP contribution in [-0.2, 0) is 4.79 Å². The fourth-order valence-corrected chi connectivity index (χ4v) is 4.50. The van der Waals surface area contributed by atoms with E-state index in [0.29, 0.717) is 4.88 Å². The standard InChI is InChI=1S/C19H22BrN3O2S/c1-13(21-19(25)18-16(20)7-10-26-18)11-17(24)22-14-5-4-6-15(12-14)23-8-2-3-9-23/h4-7,10,12-13H,2-3,8-9,11H2,1H3,(H,21,25)(H,22,24). The Morgan fingerprint density at radius 3 is 2.73 bits per heavy atom. The van der Waals surface area contributed by atoms with Gasteiger partial charge in [0, 0.05) is 41.4 Å². The summed E-state index contributed by atoms with van der Waals surface area (Å²) in [6.07, 6.45) is 2.66. The molecule has 1 aromatic carbocycles. The molecule has 1 aliphatic rings. The number of carbonyl (C=O) groups excluding carboxylic acids is 2. The van der Waals surface area contributed by atoms with Crippen LogP contribution in [0.1, 0.15) is 35.9 Å². The van der Waals surface area contributed by atoms with E-state index in [9.17, 15) is 9.59 Å². The molecule has 5 nitrogen and oxygen atoms in total. The number of hydrogen-bond acceptors (Lipinski definition) is 4. The summed E-state index contributed by atoms with van der Waals surface area (Å²) in [4.78, 5) is 27.5. The Morgan fingerprint density at radius 2 is 2.04 bits per heavy atom. The van der Waals surface area contributed by atoms with Gasteiger partial charge in [-0.3, -0.25) is 9.59 Å². The lowest BCUT2D eigenvalue weighted by Gasteiger charge is -2.19. The first-order valence-electron chi connectivity index (χ1n) is 8.71. The molecular weight excluding hydrogens is 414 g/mol. The van der Waals surface area contributed by atoms with Crippen LogP contribution < -0.4 is 15.5 Å². The molecule has 2 N–H and O–H groups in total. The molecule has 0 radical (unpaired) electrons. The number of thiophene rings is 1. The molecule has 1 saturated heterocycles. The zero-order chi connectivity index (χ0) is 18.5. The number of amides is 2. The molecule has 1 aromatic heterocycles. The Balaban J connectivity index is 1.52. The molecule has 2 aromatic rings. The minimum atomic E-state index is -0.252. The number of carbonyl (C=O) groups is 2. The fraction of sp³-hybridized carbons (Fsp3) is 0.368. The molecule has 0 spiro atoms. The quantitative estimate of drug-likeness (QED) is 0.712. The third-order valence-electron chi connectivity index (χ3n) is 4.29. The van der Waals surface area contributed by atoms with Crippen molar-refractivity contribution in [2.75, 3.05) is 23.3 Å². The summed E-state index contributed by atoms with van der Waals surface area (Å²) in [7, 11) is 0. The number of rotatable bonds is 6. The van der Waals surface area contributed by atoms with Gasteiger partial charge in [-0.2, -0.15) is 0 Å². The zero-order valence-electron chi connectivity index (χ0n) is 14.6. The summed E-state index contributed by atoms with van der Waals surface area (Å²) in [5.41, 5.74) is 1.93. The van der Waals surface area contributed by atoms with Crippen LogP contribution in [0.4, 0.5) is 11.4 Å². The second-order valence-electron chi connectivity index (χ2n) is 6.47. The minimum absolute atomic E-state index is 0.110. The van der Waals surface area contributed by atoms with Crippen LogP contribution in [0.15, 0.2) is 40.2 Å². The van der Waals surface area contributed by atoms with E-state index >= 15 is 0 Å². The second-order valence-corrected chi connectivity index (χ2v) is 8.24. The molecular formula is C19H22BrN3O2S. The molecule has 138 valence electrons. The smallest absolute Gasteiger partial charge is 0.262 e. The highest BCUT2D eigenvalue weighted by Crippen LogP contribution is 2.24. The average molecular weight is 436 g/mol. The predicted octanol–water partition coefficient (Wildman–Crippen LogP) is 4.26. The maximum Gasteiger partial charge on any atom is 0.262 e. The Labute approximate surface area is 165 Å². The summed E-state index contributed by atoms with van der Waals surface area (Å²) in [6, 6.07) is 9.52. The molecule has 1 fully saturated rings. The number of nitrogens with one attached hydrogen (secondary N) is 2. The van der Waals surface area contributed by atoms with Gasteiger partial charge in [0.15, 0.2) is 0 Å².